The third-order valence-electron chi connectivity index (χ3n) is 5.82. The zero-order valence-electron chi connectivity index (χ0n) is 14.4. The van der Waals surface area contributed by atoms with Gasteiger partial charge in [0, 0.05) is 37.1 Å². The van der Waals surface area contributed by atoms with Gasteiger partial charge in [-0.15, -0.1) is 11.3 Å². The summed E-state index contributed by atoms with van der Waals surface area (Å²) in [6.45, 7) is 2.46. The molecule has 1 N–H and O–H groups in total. The minimum Gasteiger partial charge on any atom is -0.481 e. The van der Waals surface area contributed by atoms with E-state index in [1.807, 2.05) is 12.3 Å². The Morgan fingerprint density at radius 3 is 2.92 bits per heavy atom. The number of aromatic nitrogens is 1. The number of rotatable bonds is 6. The number of hydrogen-bond donors (Lipinski definition) is 1. The molecule has 1 aromatic carbocycles. The first kappa shape index (κ1) is 16.7. The first-order chi connectivity index (χ1) is 12.2. The molecule has 4 nitrogen and oxygen atoms in total. The van der Waals surface area contributed by atoms with E-state index >= 15 is 0 Å². The number of carbonyl (C=O) groups is 1. The predicted molar refractivity (Wildman–Crippen MR) is 98.7 cm³/mol. The first-order valence-electron chi connectivity index (χ1n) is 9.09. The molecule has 5 heteroatoms. The third-order valence-corrected chi connectivity index (χ3v) is 6.86. The smallest absolute Gasteiger partial charge is 0.311 e. The molecule has 0 radical (unpaired) electrons. The fraction of sp³-hybridized carbons (Fsp3) is 0.500. The molecule has 1 aliphatic heterocycles. The highest BCUT2D eigenvalue weighted by molar-refractivity contribution is 7.11. The zero-order valence-corrected chi connectivity index (χ0v) is 15.2. The monoisotopic (exact) mass is 356 g/mol. The minimum absolute atomic E-state index is 0.329. The average Bonchev–Trinajstić information content (AvgIpc) is 3.29. The van der Waals surface area contributed by atoms with Crippen molar-refractivity contribution in [3.05, 3.63) is 52.0 Å². The molecule has 0 bridgehead atoms. The summed E-state index contributed by atoms with van der Waals surface area (Å²) in [6, 6.07) is 10.5. The maximum absolute atomic E-state index is 11.8. The van der Waals surface area contributed by atoms with Crippen molar-refractivity contribution in [3.8, 4) is 0 Å². The van der Waals surface area contributed by atoms with Crippen molar-refractivity contribution in [1.29, 1.82) is 0 Å². The van der Waals surface area contributed by atoms with E-state index in [1.165, 1.54) is 15.4 Å². The molecule has 1 aromatic heterocycles. The second-order valence-corrected chi connectivity index (χ2v) is 8.63. The summed E-state index contributed by atoms with van der Waals surface area (Å²) in [5.41, 5.74) is 0.857. The SMILES string of the molecule is O=C(O)[C@@]12CCC[C@H]1CN(Cc1cnc(CCc3ccccc3)s1)C2. The fourth-order valence-electron chi connectivity index (χ4n) is 4.52. The van der Waals surface area contributed by atoms with Crippen molar-refractivity contribution in [2.75, 3.05) is 13.1 Å². The van der Waals surface area contributed by atoms with Crippen LogP contribution in [0.15, 0.2) is 36.5 Å². The number of fused-ring (bicyclic) bond motifs is 1. The lowest BCUT2D eigenvalue weighted by molar-refractivity contribution is -0.149. The van der Waals surface area contributed by atoms with Gasteiger partial charge < -0.3 is 5.11 Å². The predicted octanol–water partition coefficient (Wildman–Crippen LogP) is 3.62. The van der Waals surface area contributed by atoms with Crippen LogP contribution in [0.5, 0.6) is 0 Å². The van der Waals surface area contributed by atoms with Crippen LogP contribution in [0.25, 0.3) is 0 Å². The number of aliphatic carboxylic acids is 1. The van der Waals surface area contributed by atoms with Gasteiger partial charge in [-0.25, -0.2) is 4.98 Å². The van der Waals surface area contributed by atoms with Crippen LogP contribution in [-0.2, 0) is 24.2 Å². The molecule has 2 heterocycles. The topological polar surface area (TPSA) is 53.4 Å². The molecular weight excluding hydrogens is 332 g/mol. The molecule has 2 atom stereocenters. The number of carboxylic acids is 1. The van der Waals surface area contributed by atoms with Gasteiger partial charge in [-0.2, -0.15) is 0 Å². The molecular formula is C20H24N2O2S. The Balaban J connectivity index is 1.35. The molecule has 1 aliphatic carbocycles. The number of benzene rings is 1. The van der Waals surface area contributed by atoms with Gasteiger partial charge in [-0.3, -0.25) is 9.69 Å². The van der Waals surface area contributed by atoms with Crippen LogP contribution >= 0.6 is 11.3 Å². The maximum Gasteiger partial charge on any atom is 0.311 e. The number of thiazole rings is 1. The van der Waals surface area contributed by atoms with Gasteiger partial charge in [0.15, 0.2) is 0 Å². The molecule has 4 rings (SSSR count). The molecule has 2 fully saturated rings. The van der Waals surface area contributed by atoms with Gasteiger partial charge in [-0.1, -0.05) is 36.8 Å². The maximum atomic E-state index is 11.8. The molecule has 25 heavy (non-hydrogen) atoms. The molecule has 0 amide bonds. The van der Waals surface area contributed by atoms with Crippen LogP contribution < -0.4 is 0 Å². The number of aryl methyl sites for hydroxylation is 2. The molecule has 1 saturated carbocycles. The van der Waals surface area contributed by atoms with E-state index in [0.29, 0.717) is 12.5 Å². The largest absolute Gasteiger partial charge is 0.481 e. The number of hydrogen-bond acceptors (Lipinski definition) is 4. The average molecular weight is 356 g/mol. The van der Waals surface area contributed by atoms with Crippen LogP contribution in [0.4, 0.5) is 0 Å². The van der Waals surface area contributed by atoms with E-state index in [0.717, 1.165) is 45.2 Å². The second-order valence-electron chi connectivity index (χ2n) is 7.43. The summed E-state index contributed by atoms with van der Waals surface area (Å²) in [5.74, 6) is -0.263. The van der Waals surface area contributed by atoms with Gasteiger partial charge >= 0.3 is 5.97 Å². The van der Waals surface area contributed by atoms with Gasteiger partial charge in [0.2, 0.25) is 0 Å². The normalized spacial score (nSPS) is 26.0. The van der Waals surface area contributed by atoms with E-state index in [9.17, 15) is 9.90 Å². The zero-order chi connectivity index (χ0) is 17.3. The summed E-state index contributed by atoms with van der Waals surface area (Å²) in [5, 5.41) is 10.9. The Kier molecular flexibility index (Phi) is 4.61. The van der Waals surface area contributed by atoms with Gasteiger partial charge in [0.25, 0.3) is 0 Å². The lowest BCUT2D eigenvalue weighted by atomic mass is 9.81. The molecule has 132 valence electrons. The lowest BCUT2D eigenvalue weighted by Gasteiger charge is -2.23. The van der Waals surface area contributed by atoms with Crippen molar-refractivity contribution < 1.29 is 9.90 Å². The second kappa shape index (κ2) is 6.89. The number of likely N-dealkylation sites (tertiary alicyclic amines) is 1. The third kappa shape index (κ3) is 3.35. The molecule has 1 saturated heterocycles. The Hall–Kier alpha value is -1.72. The Bertz CT molecular complexity index is 745. The van der Waals surface area contributed by atoms with Gasteiger partial charge in [-0.05, 0) is 30.7 Å². The highest BCUT2D eigenvalue weighted by Gasteiger charge is 2.54. The molecule has 2 aliphatic rings. The van der Waals surface area contributed by atoms with E-state index in [1.54, 1.807) is 11.3 Å². The highest BCUT2D eigenvalue weighted by Crippen LogP contribution is 2.49. The van der Waals surface area contributed by atoms with Crippen LogP contribution in [-0.4, -0.2) is 34.0 Å². The van der Waals surface area contributed by atoms with Crippen LogP contribution in [0, 0.1) is 11.3 Å². The Morgan fingerprint density at radius 2 is 2.16 bits per heavy atom. The standard InChI is InChI=1S/C20H24N2O2S/c23-19(24)20-10-4-7-16(20)12-22(14-20)13-17-11-21-18(25-17)9-8-15-5-2-1-3-6-15/h1-3,5-6,11,16H,4,7-10,12-14H2,(H,23,24)/t16-,20+/m0/s1. The van der Waals surface area contributed by atoms with Crippen molar-refractivity contribution in [2.45, 2.75) is 38.6 Å². The van der Waals surface area contributed by atoms with Crippen LogP contribution in [0.2, 0.25) is 0 Å². The summed E-state index contributed by atoms with van der Waals surface area (Å²) in [4.78, 5) is 19.9. The summed E-state index contributed by atoms with van der Waals surface area (Å²) >= 11 is 1.77. The van der Waals surface area contributed by atoms with Crippen LogP contribution in [0.1, 0.15) is 34.7 Å². The van der Waals surface area contributed by atoms with E-state index in [-0.39, 0.29) is 0 Å². The highest BCUT2D eigenvalue weighted by atomic mass is 32.1. The van der Waals surface area contributed by atoms with Gasteiger partial charge in [0.05, 0.1) is 10.4 Å². The Labute approximate surface area is 152 Å². The minimum atomic E-state index is -0.592. The Morgan fingerprint density at radius 1 is 1.32 bits per heavy atom. The summed E-state index contributed by atoms with van der Waals surface area (Å²) < 4.78 is 0. The van der Waals surface area contributed by atoms with Crippen molar-refractivity contribution in [2.24, 2.45) is 11.3 Å². The van der Waals surface area contributed by atoms with Crippen LogP contribution in [0.3, 0.4) is 0 Å². The fourth-order valence-corrected chi connectivity index (χ4v) is 5.48. The number of carboxylic acid groups (broad SMARTS) is 1. The van der Waals surface area contributed by atoms with Crippen molar-refractivity contribution >= 4 is 17.3 Å². The first-order valence-corrected chi connectivity index (χ1v) is 9.91. The summed E-state index contributed by atoms with van der Waals surface area (Å²) in [7, 11) is 0. The number of nitrogens with zero attached hydrogens (tertiary/aromatic N) is 2. The lowest BCUT2D eigenvalue weighted by Crippen LogP contribution is -2.35. The van der Waals surface area contributed by atoms with Gasteiger partial charge in [0.1, 0.15) is 0 Å². The van der Waals surface area contributed by atoms with E-state index in [4.69, 9.17) is 0 Å². The molecule has 0 unspecified atom stereocenters. The quantitative estimate of drug-likeness (QED) is 0.859. The summed E-state index contributed by atoms with van der Waals surface area (Å²) in [6.07, 6.45) is 6.93. The van der Waals surface area contributed by atoms with Crippen molar-refractivity contribution in [3.63, 3.8) is 0 Å². The molecule has 0 spiro atoms. The van der Waals surface area contributed by atoms with E-state index < -0.39 is 11.4 Å². The molecule has 2 aromatic rings. The van der Waals surface area contributed by atoms with Crippen molar-refractivity contribution in [1.82, 2.24) is 9.88 Å². The van der Waals surface area contributed by atoms with E-state index in [2.05, 4.69) is 34.1 Å².